The minimum absolute atomic E-state index is 0.273. The highest BCUT2D eigenvalue weighted by molar-refractivity contribution is 6.32. The van der Waals surface area contributed by atoms with Crippen LogP contribution >= 0.6 is 11.6 Å². The Balaban J connectivity index is 1.98. The van der Waals surface area contributed by atoms with Crippen LogP contribution in [0, 0.1) is 6.92 Å². The average molecular weight is 309 g/mol. The first kappa shape index (κ1) is 15.9. The maximum absolute atomic E-state index is 6.28. The van der Waals surface area contributed by atoms with Gasteiger partial charge in [-0.1, -0.05) is 29.7 Å². The summed E-state index contributed by atoms with van der Waals surface area (Å²) in [7, 11) is 0. The predicted molar refractivity (Wildman–Crippen MR) is 83.7 cm³/mol. The van der Waals surface area contributed by atoms with Gasteiger partial charge >= 0.3 is 0 Å². The average Bonchev–Trinajstić information content (AvgIpc) is 2.89. The molecule has 0 fully saturated rings. The molecule has 0 saturated heterocycles. The van der Waals surface area contributed by atoms with Gasteiger partial charge in [0.15, 0.2) is 0 Å². The number of halogens is 1. The third-order valence-electron chi connectivity index (χ3n) is 3.21. The van der Waals surface area contributed by atoms with Crippen LogP contribution in [-0.4, -0.2) is 11.7 Å². The van der Waals surface area contributed by atoms with Crippen LogP contribution in [0.2, 0.25) is 5.02 Å². The molecule has 0 aliphatic rings. The Morgan fingerprint density at radius 1 is 1.38 bits per heavy atom. The Labute approximate surface area is 130 Å². The molecule has 1 aromatic carbocycles. The van der Waals surface area contributed by atoms with Crippen molar-refractivity contribution >= 4 is 11.6 Å². The van der Waals surface area contributed by atoms with E-state index in [0.29, 0.717) is 17.4 Å². The van der Waals surface area contributed by atoms with Gasteiger partial charge in [0.2, 0.25) is 0 Å². The maximum Gasteiger partial charge on any atom is 0.138 e. The van der Waals surface area contributed by atoms with Gasteiger partial charge in [0.1, 0.15) is 23.8 Å². The van der Waals surface area contributed by atoms with Gasteiger partial charge in [0.05, 0.1) is 5.02 Å². The summed E-state index contributed by atoms with van der Waals surface area (Å²) < 4.78 is 10.7. The number of hydrogen-bond acceptors (Lipinski definition) is 4. The monoisotopic (exact) mass is 308 g/mol. The van der Waals surface area contributed by atoms with Crippen LogP contribution < -0.4 is 10.1 Å². The van der Waals surface area contributed by atoms with Crippen molar-refractivity contribution in [2.75, 3.05) is 6.54 Å². The Bertz CT molecular complexity index is 583. The summed E-state index contributed by atoms with van der Waals surface area (Å²) in [6, 6.07) is 7.99. The van der Waals surface area contributed by atoms with E-state index in [9.17, 15) is 0 Å². The van der Waals surface area contributed by atoms with E-state index in [4.69, 9.17) is 20.9 Å². The zero-order valence-corrected chi connectivity index (χ0v) is 13.4. The van der Waals surface area contributed by atoms with Crippen molar-refractivity contribution in [1.82, 2.24) is 10.5 Å². The number of aryl methyl sites for hydroxylation is 1. The van der Waals surface area contributed by atoms with Crippen molar-refractivity contribution in [2.24, 2.45) is 0 Å². The van der Waals surface area contributed by atoms with Gasteiger partial charge in [0, 0.05) is 12.1 Å². The number of aromatic nitrogens is 1. The van der Waals surface area contributed by atoms with Gasteiger partial charge in [-0.3, -0.25) is 0 Å². The molecule has 4 nitrogen and oxygen atoms in total. The van der Waals surface area contributed by atoms with Crippen LogP contribution in [0.4, 0.5) is 0 Å². The standard InChI is InChI=1S/C16H21ClN2O2/c1-4-7-18-12(3)13-5-6-16(15(17)9-13)20-10-14-8-11(2)21-19-14/h5-6,8-9,12,18H,4,7,10H2,1-3H3. The first-order valence-electron chi connectivity index (χ1n) is 7.18. The van der Waals surface area contributed by atoms with E-state index in [2.05, 4.69) is 24.3 Å². The zero-order valence-electron chi connectivity index (χ0n) is 12.6. The molecule has 0 amide bonds. The molecular weight excluding hydrogens is 288 g/mol. The van der Waals surface area contributed by atoms with Gasteiger partial charge in [-0.15, -0.1) is 0 Å². The van der Waals surface area contributed by atoms with Gasteiger partial charge in [0.25, 0.3) is 0 Å². The maximum atomic E-state index is 6.28. The first-order valence-corrected chi connectivity index (χ1v) is 7.55. The van der Waals surface area contributed by atoms with Gasteiger partial charge < -0.3 is 14.6 Å². The minimum atomic E-state index is 0.273. The molecule has 0 aliphatic carbocycles. The zero-order chi connectivity index (χ0) is 15.2. The smallest absolute Gasteiger partial charge is 0.138 e. The van der Waals surface area contributed by atoms with E-state index in [1.807, 2.05) is 31.2 Å². The molecule has 1 heterocycles. The van der Waals surface area contributed by atoms with Crippen LogP contribution in [0.25, 0.3) is 0 Å². The molecule has 0 aliphatic heterocycles. The van der Waals surface area contributed by atoms with E-state index in [1.54, 1.807) is 0 Å². The Hall–Kier alpha value is -1.52. The van der Waals surface area contributed by atoms with Crippen molar-refractivity contribution in [3.05, 3.63) is 46.3 Å². The van der Waals surface area contributed by atoms with E-state index in [0.717, 1.165) is 30.0 Å². The van der Waals surface area contributed by atoms with Crippen LogP contribution in [0.15, 0.2) is 28.8 Å². The minimum Gasteiger partial charge on any atom is -0.486 e. The highest BCUT2D eigenvalue weighted by Gasteiger charge is 2.09. The third kappa shape index (κ3) is 4.48. The van der Waals surface area contributed by atoms with Gasteiger partial charge in [-0.2, -0.15) is 0 Å². The summed E-state index contributed by atoms with van der Waals surface area (Å²) in [6.07, 6.45) is 1.11. The van der Waals surface area contributed by atoms with E-state index in [1.165, 1.54) is 0 Å². The second kappa shape index (κ2) is 7.48. The summed E-state index contributed by atoms with van der Waals surface area (Å²) in [5, 5.41) is 7.93. The molecule has 21 heavy (non-hydrogen) atoms. The van der Waals surface area contributed by atoms with E-state index >= 15 is 0 Å². The number of nitrogens with one attached hydrogen (secondary N) is 1. The van der Waals surface area contributed by atoms with Crippen molar-refractivity contribution in [3.8, 4) is 5.75 Å². The molecule has 1 unspecified atom stereocenters. The summed E-state index contributed by atoms with van der Waals surface area (Å²) in [5.74, 6) is 1.43. The Kier molecular flexibility index (Phi) is 5.65. The number of benzene rings is 1. The summed E-state index contributed by atoms with van der Waals surface area (Å²) in [4.78, 5) is 0. The fraction of sp³-hybridized carbons (Fsp3) is 0.438. The van der Waals surface area contributed by atoms with E-state index in [-0.39, 0.29) is 6.04 Å². The Morgan fingerprint density at radius 2 is 2.19 bits per heavy atom. The molecule has 2 rings (SSSR count). The van der Waals surface area contributed by atoms with Crippen molar-refractivity contribution in [1.29, 1.82) is 0 Å². The lowest BCUT2D eigenvalue weighted by atomic mass is 10.1. The van der Waals surface area contributed by atoms with Gasteiger partial charge in [-0.05, 0) is 44.5 Å². The van der Waals surface area contributed by atoms with Crippen LogP contribution in [0.3, 0.4) is 0 Å². The van der Waals surface area contributed by atoms with Crippen molar-refractivity contribution < 1.29 is 9.26 Å². The molecule has 0 spiro atoms. The second-order valence-corrected chi connectivity index (χ2v) is 5.49. The number of rotatable bonds is 7. The molecule has 2 aromatic rings. The first-order chi connectivity index (χ1) is 10.1. The van der Waals surface area contributed by atoms with E-state index < -0.39 is 0 Å². The second-order valence-electron chi connectivity index (χ2n) is 5.08. The number of nitrogens with zero attached hydrogens (tertiary/aromatic N) is 1. The molecular formula is C16H21ClN2O2. The number of hydrogen-bond donors (Lipinski definition) is 1. The molecule has 114 valence electrons. The highest BCUT2D eigenvalue weighted by Crippen LogP contribution is 2.28. The van der Waals surface area contributed by atoms with Crippen LogP contribution in [0.5, 0.6) is 5.75 Å². The highest BCUT2D eigenvalue weighted by atomic mass is 35.5. The fourth-order valence-corrected chi connectivity index (χ4v) is 2.26. The van der Waals surface area contributed by atoms with Gasteiger partial charge in [-0.25, -0.2) is 0 Å². The lowest BCUT2D eigenvalue weighted by molar-refractivity contribution is 0.288. The van der Waals surface area contributed by atoms with Crippen LogP contribution in [-0.2, 0) is 6.61 Å². The normalized spacial score (nSPS) is 12.4. The molecule has 0 bridgehead atoms. The molecule has 5 heteroatoms. The molecule has 0 radical (unpaired) electrons. The fourth-order valence-electron chi connectivity index (χ4n) is 2.02. The van der Waals surface area contributed by atoms with Crippen LogP contribution in [0.1, 0.15) is 43.3 Å². The SMILES string of the molecule is CCCNC(C)c1ccc(OCc2cc(C)on2)c(Cl)c1. The van der Waals surface area contributed by atoms with Crippen molar-refractivity contribution in [2.45, 2.75) is 39.8 Å². The summed E-state index contributed by atoms with van der Waals surface area (Å²) in [6.45, 7) is 7.46. The molecule has 1 atom stereocenters. The Morgan fingerprint density at radius 3 is 2.81 bits per heavy atom. The lowest BCUT2D eigenvalue weighted by Crippen LogP contribution is -2.19. The molecule has 1 N–H and O–H groups in total. The molecule has 0 saturated carbocycles. The lowest BCUT2D eigenvalue weighted by Gasteiger charge is -2.15. The quantitative estimate of drug-likeness (QED) is 0.829. The largest absolute Gasteiger partial charge is 0.486 e. The van der Waals surface area contributed by atoms with Crippen molar-refractivity contribution in [3.63, 3.8) is 0 Å². The third-order valence-corrected chi connectivity index (χ3v) is 3.50. The summed E-state index contributed by atoms with van der Waals surface area (Å²) >= 11 is 6.28. The molecule has 1 aromatic heterocycles. The predicted octanol–water partition coefficient (Wildman–Crippen LogP) is 4.28. The summed E-state index contributed by atoms with van der Waals surface area (Å²) in [5.41, 5.74) is 1.91. The topological polar surface area (TPSA) is 47.3 Å². The number of ether oxygens (including phenoxy) is 1.